The summed E-state index contributed by atoms with van der Waals surface area (Å²) >= 11 is 5.87. The third kappa shape index (κ3) is 2.90. The van der Waals surface area contributed by atoms with E-state index >= 15 is 0 Å². The van der Waals surface area contributed by atoms with Crippen LogP contribution >= 0.6 is 11.6 Å². The van der Waals surface area contributed by atoms with Gasteiger partial charge in [0.25, 0.3) is 0 Å². The first-order valence-electron chi connectivity index (χ1n) is 5.75. The van der Waals surface area contributed by atoms with Gasteiger partial charge in [0, 0.05) is 24.7 Å². The number of hydrogen-bond acceptors (Lipinski definition) is 2. The van der Waals surface area contributed by atoms with Gasteiger partial charge in [-0.2, -0.15) is 0 Å². The Morgan fingerprint density at radius 2 is 2.24 bits per heavy atom. The first kappa shape index (κ1) is 12.7. The van der Waals surface area contributed by atoms with Gasteiger partial charge in [0.1, 0.15) is 5.82 Å². The average molecular weight is 258 g/mol. The molecule has 2 rings (SSSR count). The molecule has 1 aromatic rings. The number of halogens is 2. The monoisotopic (exact) mass is 257 g/mol. The standard InChI is InChI=1S/C13H17ClFNO/c1-13(2)9-16(5-6-17-13)12-4-3-11(15)7-10(12)8-14/h3-4,7H,5-6,8-9H2,1-2H3. The predicted molar refractivity (Wildman–Crippen MR) is 68.2 cm³/mol. The number of nitrogens with zero attached hydrogens (tertiary/aromatic N) is 1. The van der Waals surface area contributed by atoms with E-state index in [2.05, 4.69) is 18.7 Å². The van der Waals surface area contributed by atoms with Crippen LogP contribution in [0.2, 0.25) is 0 Å². The molecule has 94 valence electrons. The number of rotatable bonds is 2. The summed E-state index contributed by atoms with van der Waals surface area (Å²) in [5.41, 5.74) is 1.68. The van der Waals surface area contributed by atoms with E-state index in [4.69, 9.17) is 16.3 Å². The molecule has 0 radical (unpaired) electrons. The summed E-state index contributed by atoms with van der Waals surface area (Å²) in [7, 11) is 0. The van der Waals surface area contributed by atoms with Crippen molar-refractivity contribution in [1.82, 2.24) is 0 Å². The fourth-order valence-corrected chi connectivity index (χ4v) is 2.41. The normalized spacial score (nSPS) is 19.4. The summed E-state index contributed by atoms with van der Waals surface area (Å²) in [5.74, 6) is 0.0853. The Balaban J connectivity index is 2.27. The molecule has 0 saturated carbocycles. The van der Waals surface area contributed by atoms with Gasteiger partial charge in [-0.05, 0) is 37.6 Å². The van der Waals surface area contributed by atoms with Crippen LogP contribution in [0.25, 0.3) is 0 Å². The zero-order valence-corrected chi connectivity index (χ0v) is 10.9. The van der Waals surface area contributed by atoms with Crippen molar-refractivity contribution in [2.24, 2.45) is 0 Å². The maximum Gasteiger partial charge on any atom is 0.123 e. The summed E-state index contributed by atoms with van der Waals surface area (Å²) in [6.45, 7) is 6.42. The molecule has 1 aliphatic rings. The molecule has 1 aliphatic heterocycles. The maximum absolute atomic E-state index is 13.2. The second kappa shape index (κ2) is 4.83. The summed E-state index contributed by atoms with van der Waals surface area (Å²) in [6, 6.07) is 4.78. The Hall–Kier alpha value is -0.800. The molecule has 0 aromatic heterocycles. The van der Waals surface area contributed by atoms with Crippen molar-refractivity contribution in [1.29, 1.82) is 0 Å². The summed E-state index contributed by atoms with van der Waals surface area (Å²) in [4.78, 5) is 2.21. The van der Waals surface area contributed by atoms with Gasteiger partial charge >= 0.3 is 0 Å². The molecule has 1 saturated heterocycles. The van der Waals surface area contributed by atoms with Crippen molar-refractivity contribution in [3.8, 4) is 0 Å². The fraction of sp³-hybridized carbons (Fsp3) is 0.538. The molecular weight excluding hydrogens is 241 g/mol. The lowest BCUT2D eigenvalue weighted by Crippen LogP contribution is -2.48. The molecule has 4 heteroatoms. The lowest BCUT2D eigenvalue weighted by Gasteiger charge is -2.40. The topological polar surface area (TPSA) is 12.5 Å². The second-order valence-electron chi connectivity index (χ2n) is 4.94. The van der Waals surface area contributed by atoms with Crippen LogP contribution in [0.5, 0.6) is 0 Å². The molecule has 0 spiro atoms. The molecule has 1 fully saturated rings. The van der Waals surface area contributed by atoms with Gasteiger partial charge in [-0.1, -0.05) is 0 Å². The zero-order chi connectivity index (χ0) is 12.5. The third-order valence-corrected chi connectivity index (χ3v) is 3.24. The Morgan fingerprint density at radius 3 is 2.88 bits per heavy atom. The number of anilines is 1. The van der Waals surface area contributed by atoms with Crippen LogP contribution in [-0.2, 0) is 10.6 Å². The molecule has 0 amide bonds. The highest BCUT2D eigenvalue weighted by atomic mass is 35.5. The van der Waals surface area contributed by atoms with Gasteiger partial charge in [-0.15, -0.1) is 11.6 Å². The van der Waals surface area contributed by atoms with E-state index in [1.807, 2.05) is 0 Å². The highest BCUT2D eigenvalue weighted by Gasteiger charge is 2.28. The van der Waals surface area contributed by atoms with Crippen LogP contribution < -0.4 is 4.90 Å². The van der Waals surface area contributed by atoms with Crippen molar-refractivity contribution < 1.29 is 9.13 Å². The van der Waals surface area contributed by atoms with Gasteiger partial charge < -0.3 is 9.64 Å². The zero-order valence-electron chi connectivity index (χ0n) is 10.2. The highest BCUT2D eigenvalue weighted by Crippen LogP contribution is 2.27. The number of morpholine rings is 1. The minimum atomic E-state index is -0.239. The molecule has 0 unspecified atom stereocenters. The molecule has 1 aromatic carbocycles. The highest BCUT2D eigenvalue weighted by molar-refractivity contribution is 6.17. The fourth-order valence-electron chi connectivity index (χ4n) is 2.19. The molecular formula is C13H17ClFNO. The van der Waals surface area contributed by atoms with Gasteiger partial charge in [-0.3, -0.25) is 0 Å². The number of benzene rings is 1. The van der Waals surface area contributed by atoms with Crippen molar-refractivity contribution in [2.45, 2.75) is 25.3 Å². The molecule has 0 aliphatic carbocycles. The quantitative estimate of drug-likeness (QED) is 0.755. The van der Waals surface area contributed by atoms with Crippen LogP contribution in [0, 0.1) is 5.82 Å². The van der Waals surface area contributed by atoms with Crippen LogP contribution in [0.4, 0.5) is 10.1 Å². The van der Waals surface area contributed by atoms with E-state index in [1.165, 1.54) is 12.1 Å². The van der Waals surface area contributed by atoms with Crippen molar-refractivity contribution in [3.63, 3.8) is 0 Å². The SMILES string of the molecule is CC1(C)CN(c2ccc(F)cc2CCl)CCO1. The minimum Gasteiger partial charge on any atom is -0.372 e. The molecule has 17 heavy (non-hydrogen) atoms. The van der Waals surface area contributed by atoms with E-state index in [-0.39, 0.29) is 11.4 Å². The van der Waals surface area contributed by atoms with Gasteiger partial charge in [0.2, 0.25) is 0 Å². The van der Waals surface area contributed by atoms with E-state index in [0.717, 1.165) is 24.3 Å². The van der Waals surface area contributed by atoms with Gasteiger partial charge in [0.05, 0.1) is 12.2 Å². The largest absolute Gasteiger partial charge is 0.372 e. The van der Waals surface area contributed by atoms with Gasteiger partial charge in [-0.25, -0.2) is 4.39 Å². The Bertz CT molecular complexity index is 408. The lowest BCUT2D eigenvalue weighted by atomic mass is 10.1. The summed E-state index contributed by atoms with van der Waals surface area (Å²) in [6.07, 6.45) is 0. The summed E-state index contributed by atoms with van der Waals surface area (Å²) in [5, 5.41) is 0. The number of alkyl halides is 1. The average Bonchev–Trinajstić information content (AvgIpc) is 2.27. The first-order valence-corrected chi connectivity index (χ1v) is 6.28. The third-order valence-electron chi connectivity index (χ3n) is 2.95. The smallest absolute Gasteiger partial charge is 0.123 e. The molecule has 2 nitrogen and oxygen atoms in total. The number of hydrogen-bond donors (Lipinski definition) is 0. The lowest BCUT2D eigenvalue weighted by molar-refractivity contribution is -0.0277. The predicted octanol–water partition coefficient (Wildman–Crippen LogP) is 3.18. The maximum atomic E-state index is 13.2. The van der Waals surface area contributed by atoms with Crippen molar-refractivity contribution in [3.05, 3.63) is 29.6 Å². The molecule has 1 heterocycles. The van der Waals surface area contributed by atoms with E-state index in [9.17, 15) is 4.39 Å². The van der Waals surface area contributed by atoms with Crippen LogP contribution in [-0.4, -0.2) is 25.3 Å². The van der Waals surface area contributed by atoms with Crippen LogP contribution in [0.3, 0.4) is 0 Å². The van der Waals surface area contributed by atoms with Crippen molar-refractivity contribution in [2.75, 3.05) is 24.6 Å². The minimum absolute atomic E-state index is 0.170. The second-order valence-corrected chi connectivity index (χ2v) is 5.20. The Labute approximate surface area is 106 Å². The first-order chi connectivity index (χ1) is 8.02. The molecule has 0 N–H and O–H groups in total. The van der Waals surface area contributed by atoms with E-state index in [1.54, 1.807) is 6.07 Å². The molecule has 0 atom stereocenters. The van der Waals surface area contributed by atoms with E-state index < -0.39 is 0 Å². The van der Waals surface area contributed by atoms with E-state index in [0.29, 0.717) is 12.5 Å². The summed E-state index contributed by atoms with van der Waals surface area (Å²) < 4.78 is 18.8. The molecule has 0 bridgehead atoms. The van der Waals surface area contributed by atoms with Crippen LogP contribution in [0.15, 0.2) is 18.2 Å². The van der Waals surface area contributed by atoms with Crippen molar-refractivity contribution >= 4 is 17.3 Å². The Kier molecular flexibility index (Phi) is 3.59. The Morgan fingerprint density at radius 1 is 1.47 bits per heavy atom. The van der Waals surface area contributed by atoms with Gasteiger partial charge in [0.15, 0.2) is 0 Å². The van der Waals surface area contributed by atoms with Crippen LogP contribution in [0.1, 0.15) is 19.4 Å². The number of ether oxygens (including phenoxy) is 1.